The first kappa shape index (κ1) is 24.1. The first-order valence-corrected chi connectivity index (χ1v) is 13.4. The SMILES string of the molecule is CC1c2nc(N3CCC(Oc4ccc(F)cc4F)CC3)c(NC3CC3)nc2CCN1Cc1ccccc1. The van der Waals surface area contributed by atoms with E-state index in [0.29, 0.717) is 6.04 Å². The second-order valence-corrected chi connectivity index (χ2v) is 10.4. The van der Waals surface area contributed by atoms with Crippen LogP contribution in [-0.4, -0.2) is 46.6 Å². The highest BCUT2D eigenvalue weighted by atomic mass is 19.1. The molecule has 0 radical (unpaired) electrons. The molecule has 1 saturated carbocycles. The Kier molecular flexibility index (Phi) is 6.67. The predicted molar refractivity (Wildman–Crippen MR) is 140 cm³/mol. The van der Waals surface area contributed by atoms with Gasteiger partial charge in [-0.15, -0.1) is 0 Å². The molecule has 1 atom stereocenters. The minimum absolute atomic E-state index is 0.108. The van der Waals surface area contributed by atoms with E-state index < -0.39 is 11.6 Å². The molecule has 1 aliphatic carbocycles. The number of anilines is 2. The molecule has 3 heterocycles. The van der Waals surface area contributed by atoms with E-state index in [1.165, 1.54) is 30.5 Å². The van der Waals surface area contributed by atoms with Crippen LogP contribution < -0.4 is 15.0 Å². The average molecular weight is 506 g/mol. The van der Waals surface area contributed by atoms with Gasteiger partial charge in [0.15, 0.2) is 23.2 Å². The number of fused-ring (bicyclic) bond motifs is 1. The van der Waals surface area contributed by atoms with E-state index >= 15 is 0 Å². The van der Waals surface area contributed by atoms with Crippen molar-refractivity contribution in [1.29, 1.82) is 0 Å². The van der Waals surface area contributed by atoms with E-state index in [4.69, 9.17) is 14.7 Å². The van der Waals surface area contributed by atoms with Crippen LogP contribution in [0, 0.1) is 11.6 Å². The van der Waals surface area contributed by atoms with E-state index in [1.807, 2.05) is 0 Å². The zero-order valence-electron chi connectivity index (χ0n) is 21.2. The molecule has 6 nitrogen and oxygen atoms in total. The highest BCUT2D eigenvalue weighted by Gasteiger charge is 2.32. The maximum absolute atomic E-state index is 14.1. The van der Waals surface area contributed by atoms with Crippen molar-refractivity contribution in [2.45, 2.75) is 63.8 Å². The van der Waals surface area contributed by atoms with E-state index in [9.17, 15) is 8.78 Å². The van der Waals surface area contributed by atoms with Gasteiger partial charge in [-0.2, -0.15) is 0 Å². The Morgan fingerprint density at radius 3 is 2.49 bits per heavy atom. The van der Waals surface area contributed by atoms with Crippen molar-refractivity contribution in [3.63, 3.8) is 0 Å². The number of benzene rings is 2. The van der Waals surface area contributed by atoms with Crippen molar-refractivity contribution in [1.82, 2.24) is 14.9 Å². The molecule has 2 aliphatic heterocycles. The Hall–Kier alpha value is -3.26. The van der Waals surface area contributed by atoms with Gasteiger partial charge < -0.3 is 15.0 Å². The summed E-state index contributed by atoms with van der Waals surface area (Å²) in [6.45, 7) is 5.56. The molecule has 0 amide bonds. The van der Waals surface area contributed by atoms with E-state index in [0.717, 1.165) is 74.5 Å². The van der Waals surface area contributed by atoms with Crippen LogP contribution >= 0.6 is 0 Å². The Bertz CT molecular complexity index is 1240. The molecule has 0 spiro atoms. The number of aromatic nitrogens is 2. The molecule has 0 bridgehead atoms. The topological polar surface area (TPSA) is 53.5 Å². The largest absolute Gasteiger partial charge is 0.487 e. The van der Waals surface area contributed by atoms with E-state index in [2.05, 4.69) is 52.4 Å². The average Bonchev–Trinajstić information content (AvgIpc) is 3.72. The number of nitrogens with zero attached hydrogens (tertiary/aromatic N) is 4. The van der Waals surface area contributed by atoms with Gasteiger partial charge in [0.25, 0.3) is 0 Å². The van der Waals surface area contributed by atoms with Crippen molar-refractivity contribution in [3.8, 4) is 5.75 Å². The van der Waals surface area contributed by atoms with Gasteiger partial charge in [0.1, 0.15) is 11.9 Å². The lowest BCUT2D eigenvalue weighted by atomic mass is 10.0. The lowest BCUT2D eigenvalue weighted by molar-refractivity contribution is 0.163. The third-order valence-electron chi connectivity index (χ3n) is 7.64. The molecule has 1 saturated heterocycles. The quantitative estimate of drug-likeness (QED) is 0.458. The van der Waals surface area contributed by atoms with Gasteiger partial charge >= 0.3 is 0 Å². The van der Waals surface area contributed by atoms with Crippen molar-refractivity contribution in [2.75, 3.05) is 29.9 Å². The first-order chi connectivity index (χ1) is 18.0. The number of nitrogens with one attached hydrogen (secondary N) is 1. The van der Waals surface area contributed by atoms with Gasteiger partial charge in [0, 0.05) is 57.5 Å². The lowest BCUT2D eigenvalue weighted by Gasteiger charge is -2.37. The molecule has 2 aromatic carbocycles. The summed E-state index contributed by atoms with van der Waals surface area (Å²) in [5, 5.41) is 3.62. The molecular formula is C29H33F2N5O. The minimum Gasteiger partial charge on any atom is -0.487 e. The number of ether oxygens (including phenoxy) is 1. The minimum atomic E-state index is -0.659. The van der Waals surface area contributed by atoms with Gasteiger partial charge in [0.2, 0.25) is 0 Å². The summed E-state index contributed by atoms with van der Waals surface area (Å²) in [6, 6.07) is 14.7. The number of halogens is 2. The maximum Gasteiger partial charge on any atom is 0.172 e. The molecule has 3 aliphatic rings. The summed E-state index contributed by atoms with van der Waals surface area (Å²) < 4.78 is 33.2. The van der Waals surface area contributed by atoms with Crippen LogP contribution in [0.5, 0.6) is 5.75 Å². The molecule has 194 valence electrons. The Labute approximate surface area is 216 Å². The Morgan fingerprint density at radius 1 is 0.973 bits per heavy atom. The fourth-order valence-electron chi connectivity index (χ4n) is 5.32. The monoisotopic (exact) mass is 505 g/mol. The third-order valence-corrected chi connectivity index (χ3v) is 7.64. The van der Waals surface area contributed by atoms with E-state index in [-0.39, 0.29) is 17.9 Å². The lowest BCUT2D eigenvalue weighted by Crippen LogP contribution is -2.40. The van der Waals surface area contributed by atoms with Crippen molar-refractivity contribution in [3.05, 3.63) is 77.1 Å². The van der Waals surface area contributed by atoms with Crippen LogP contribution in [0.1, 0.15) is 55.6 Å². The van der Waals surface area contributed by atoms with E-state index in [1.54, 1.807) is 0 Å². The van der Waals surface area contributed by atoms with Gasteiger partial charge in [-0.05, 0) is 37.5 Å². The van der Waals surface area contributed by atoms with Crippen LogP contribution in [0.15, 0.2) is 48.5 Å². The predicted octanol–water partition coefficient (Wildman–Crippen LogP) is 5.50. The van der Waals surface area contributed by atoms with Crippen molar-refractivity contribution < 1.29 is 13.5 Å². The molecule has 6 rings (SSSR count). The van der Waals surface area contributed by atoms with Crippen molar-refractivity contribution >= 4 is 11.6 Å². The highest BCUT2D eigenvalue weighted by Crippen LogP contribution is 2.36. The summed E-state index contributed by atoms with van der Waals surface area (Å²) in [7, 11) is 0. The molecule has 1 unspecified atom stereocenters. The molecule has 8 heteroatoms. The Morgan fingerprint density at radius 2 is 1.76 bits per heavy atom. The zero-order valence-corrected chi connectivity index (χ0v) is 21.2. The highest BCUT2D eigenvalue weighted by molar-refractivity contribution is 5.63. The normalized spacial score (nSPS) is 20.5. The summed E-state index contributed by atoms with van der Waals surface area (Å²) >= 11 is 0. The fourth-order valence-corrected chi connectivity index (χ4v) is 5.32. The van der Waals surface area contributed by atoms with Crippen molar-refractivity contribution in [2.24, 2.45) is 0 Å². The first-order valence-electron chi connectivity index (χ1n) is 13.4. The van der Waals surface area contributed by atoms with Crippen LogP contribution in [0.2, 0.25) is 0 Å². The van der Waals surface area contributed by atoms with Gasteiger partial charge in [-0.25, -0.2) is 18.7 Å². The number of hydrogen-bond acceptors (Lipinski definition) is 6. The second kappa shape index (κ2) is 10.2. The molecule has 2 fully saturated rings. The van der Waals surface area contributed by atoms with Gasteiger partial charge in [-0.1, -0.05) is 30.3 Å². The smallest absolute Gasteiger partial charge is 0.172 e. The Balaban J connectivity index is 1.19. The van der Waals surface area contributed by atoms with Crippen LogP contribution in [-0.2, 0) is 13.0 Å². The van der Waals surface area contributed by atoms with Crippen LogP contribution in [0.4, 0.5) is 20.4 Å². The number of hydrogen-bond donors (Lipinski definition) is 1. The standard InChI is InChI=1S/C29H33F2N5O/c1-19-27-25(13-16-36(19)18-20-5-3-2-4-6-20)33-28(32-22-8-9-22)29(34-27)35-14-11-23(12-15-35)37-26-10-7-21(30)17-24(26)31/h2-7,10,17,19,22-23H,8-9,11-16,18H2,1H3,(H,32,33). The third kappa shape index (κ3) is 5.39. The zero-order chi connectivity index (χ0) is 25.4. The second-order valence-electron chi connectivity index (χ2n) is 10.4. The fraction of sp³-hybridized carbons (Fsp3) is 0.448. The molecule has 37 heavy (non-hydrogen) atoms. The maximum atomic E-state index is 14.1. The molecule has 3 aromatic rings. The number of rotatable bonds is 7. The van der Waals surface area contributed by atoms with Crippen LogP contribution in [0.25, 0.3) is 0 Å². The summed E-state index contributed by atoms with van der Waals surface area (Å²) in [4.78, 5) is 15.1. The summed E-state index contributed by atoms with van der Waals surface area (Å²) in [5.41, 5.74) is 3.46. The van der Waals surface area contributed by atoms with Gasteiger partial charge in [-0.3, -0.25) is 4.90 Å². The molecule has 1 N–H and O–H groups in total. The summed E-state index contributed by atoms with van der Waals surface area (Å²) in [5.74, 6) is 0.641. The molecule has 1 aromatic heterocycles. The number of piperidine rings is 1. The summed E-state index contributed by atoms with van der Waals surface area (Å²) in [6.07, 6.45) is 4.56. The van der Waals surface area contributed by atoms with Gasteiger partial charge in [0.05, 0.1) is 17.4 Å². The van der Waals surface area contributed by atoms with Crippen LogP contribution in [0.3, 0.4) is 0 Å². The molecular weight excluding hydrogens is 472 g/mol.